The Morgan fingerprint density at radius 3 is 2.15 bits per heavy atom. The molecule has 0 unspecified atom stereocenters. The molecule has 0 aromatic heterocycles. The number of amides is 2. The predicted molar refractivity (Wildman–Crippen MR) is 155 cm³/mol. The van der Waals surface area contributed by atoms with Gasteiger partial charge in [0.2, 0.25) is 0 Å². The number of fused-ring (bicyclic) bond motifs is 1. The van der Waals surface area contributed by atoms with Crippen molar-refractivity contribution >= 4 is 29.1 Å². The first-order chi connectivity index (χ1) is 18.8. The van der Waals surface area contributed by atoms with Gasteiger partial charge in [0.25, 0.3) is 11.8 Å². The van der Waals surface area contributed by atoms with Gasteiger partial charge in [-0.3, -0.25) is 9.59 Å². The first-order valence-corrected chi connectivity index (χ1v) is 13.4. The molecule has 1 aliphatic heterocycles. The van der Waals surface area contributed by atoms with E-state index in [1.807, 2.05) is 77.7 Å². The Kier molecular flexibility index (Phi) is 7.71. The van der Waals surface area contributed by atoms with Crippen molar-refractivity contribution in [2.75, 3.05) is 11.4 Å². The summed E-state index contributed by atoms with van der Waals surface area (Å²) in [6, 6.07) is 32.9. The van der Waals surface area contributed by atoms with Gasteiger partial charge in [0, 0.05) is 23.7 Å². The maximum atomic E-state index is 13.9. The molecule has 0 radical (unpaired) electrons. The summed E-state index contributed by atoms with van der Waals surface area (Å²) < 4.78 is 6.08. The first kappa shape index (κ1) is 26.5. The van der Waals surface area contributed by atoms with Crippen molar-refractivity contribution in [3.8, 4) is 5.75 Å². The highest BCUT2D eigenvalue weighted by atomic mass is 35.5. The molecule has 2 amide bonds. The lowest BCUT2D eigenvalue weighted by Crippen LogP contribution is -2.52. The van der Waals surface area contributed by atoms with Crippen LogP contribution in [0, 0.1) is 0 Å². The van der Waals surface area contributed by atoms with Gasteiger partial charge in [-0.05, 0) is 67.3 Å². The molecular weight excluding hydrogens is 508 g/mol. The fraction of sp³-hybridized carbons (Fsp3) is 0.212. The number of anilines is 1. The minimum atomic E-state index is -1.03. The fourth-order valence-corrected chi connectivity index (χ4v) is 4.90. The van der Waals surface area contributed by atoms with Crippen molar-refractivity contribution in [1.82, 2.24) is 4.90 Å². The molecule has 0 fully saturated rings. The van der Waals surface area contributed by atoms with Crippen LogP contribution in [0.2, 0.25) is 5.02 Å². The van der Waals surface area contributed by atoms with Crippen molar-refractivity contribution in [3.63, 3.8) is 0 Å². The zero-order valence-corrected chi connectivity index (χ0v) is 22.9. The molecule has 4 aromatic rings. The summed E-state index contributed by atoms with van der Waals surface area (Å²) in [6.45, 7) is 4.91. The maximum absolute atomic E-state index is 13.9. The quantitative estimate of drug-likeness (QED) is 0.244. The van der Waals surface area contributed by atoms with Crippen LogP contribution in [0.4, 0.5) is 5.69 Å². The molecule has 0 atom stereocenters. The number of carbonyl (C=O) groups is 2. The van der Waals surface area contributed by atoms with Crippen LogP contribution in [0.25, 0.3) is 0 Å². The SMILES string of the molecule is CC1(C)Oc2ccc(C(=O)N(CCc3ccccc3)Cc3ccccc3)cc2N(Cc2ccc(Cl)cc2)C1=O. The highest BCUT2D eigenvalue weighted by Gasteiger charge is 2.41. The summed E-state index contributed by atoms with van der Waals surface area (Å²) in [4.78, 5) is 31.0. The van der Waals surface area contributed by atoms with Gasteiger partial charge < -0.3 is 14.5 Å². The van der Waals surface area contributed by atoms with E-state index in [-0.39, 0.29) is 11.8 Å². The highest BCUT2D eigenvalue weighted by Crippen LogP contribution is 2.39. The van der Waals surface area contributed by atoms with Crippen molar-refractivity contribution in [2.24, 2.45) is 0 Å². The van der Waals surface area contributed by atoms with E-state index in [2.05, 4.69) is 12.1 Å². The minimum absolute atomic E-state index is 0.0960. The van der Waals surface area contributed by atoms with Crippen LogP contribution >= 0.6 is 11.6 Å². The van der Waals surface area contributed by atoms with Gasteiger partial charge >= 0.3 is 0 Å². The number of benzene rings is 4. The molecule has 39 heavy (non-hydrogen) atoms. The smallest absolute Gasteiger partial charge is 0.271 e. The fourth-order valence-electron chi connectivity index (χ4n) is 4.78. The Balaban J connectivity index is 1.46. The zero-order valence-electron chi connectivity index (χ0n) is 22.1. The average Bonchev–Trinajstić information content (AvgIpc) is 2.95. The van der Waals surface area contributed by atoms with Crippen molar-refractivity contribution in [1.29, 1.82) is 0 Å². The van der Waals surface area contributed by atoms with E-state index in [9.17, 15) is 9.59 Å². The molecule has 1 heterocycles. The normalized spacial score (nSPS) is 13.9. The molecule has 0 saturated heterocycles. The number of hydrogen-bond acceptors (Lipinski definition) is 3. The van der Waals surface area contributed by atoms with Crippen LogP contribution in [0.5, 0.6) is 5.75 Å². The molecule has 5 rings (SSSR count). The van der Waals surface area contributed by atoms with E-state index in [0.717, 1.165) is 17.5 Å². The zero-order chi connectivity index (χ0) is 27.4. The number of ether oxygens (including phenoxy) is 1. The lowest BCUT2D eigenvalue weighted by Gasteiger charge is -2.39. The predicted octanol–water partition coefficient (Wildman–Crippen LogP) is 6.93. The monoisotopic (exact) mass is 538 g/mol. The maximum Gasteiger partial charge on any atom is 0.271 e. The molecule has 198 valence electrons. The van der Waals surface area contributed by atoms with E-state index in [4.69, 9.17) is 16.3 Å². The van der Waals surface area contributed by atoms with Crippen LogP contribution in [-0.4, -0.2) is 28.9 Å². The standard InChI is InChI=1S/C33H31ClN2O3/c1-33(2)32(38)36(23-26-13-16-28(34)17-14-26)29-21-27(15-18-30(29)39-33)31(37)35(22-25-11-7-4-8-12-25)20-19-24-9-5-3-6-10-24/h3-18,21H,19-20,22-23H2,1-2H3. The van der Waals surface area contributed by atoms with Gasteiger partial charge in [-0.1, -0.05) is 84.4 Å². The third kappa shape index (κ3) is 6.15. The van der Waals surface area contributed by atoms with Crippen LogP contribution in [-0.2, 0) is 24.3 Å². The molecular formula is C33H31ClN2O3. The number of hydrogen-bond donors (Lipinski definition) is 0. The van der Waals surface area contributed by atoms with Gasteiger partial charge in [0.15, 0.2) is 5.60 Å². The molecule has 6 heteroatoms. The van der Waals surface area contributed by atoms with Crippen LogP contribution in [0.3, 0.4) is 0 Å². The molecule has 0 spiro atoms. The lowest BCUT2D eigenvalue weighted by atomic mass is 10.0. The van der Waals surface area contributed by atoms with Crippen molar-refractivity contribution < 1.29 is 14.3 Å². The van der Waals surface area contributed by atoms with E-state index < -0.39 is 5.60 Å². The summed E-state index contributed by atoms with van der Waals surface area (Å²) >= 11 is 6.07. The van der Waals surface area contributed by atoms with Crippen LogP contribution in [0.15, 0.2) is 103 Å². The third-order valence-electron chi connectivity index (χ3n) is 6.89. The number of rotatable bonds is 8. The molecule has 1 aliphatic rings. The Morgan fingerprint density at radius 2 is 1.49 bits per heavy atom. The van der Waals surface area contributed by atoms with Crippen LogP contribution in [0.1, 0.15) is 40.9 Å². The number of carbonyl (C=O) groups excluding carboxylic acids is 2. The second kappa shape index (κ2) is 11.3. The molecule has 0 aliphatic carbocycles. The Morgan fingerprint density at radius 1 is 0.846 bits per heavy atom. The van der Waals surface area contributed by atoms with Crippen LogP contribution < -0.4 is 9.64 Å². The first-order valence-electron chi connectivity index (χ1n) is 13.1. The molecule has 0 N–H and O–H groups in total. The Bertz CT molecular complexity index is 1450. The summed E-state index contributed by atoms with van der Waals surface area (Å²) in [5, 5.41) is 0.634. The molecule has 0 bridgehead atoms. The lowest BCUT2D eigenvalue weighted by molar-refractivity contribution is -0.132. The second-order valence-electron chi connectivity index (χ2n) is 10.3. The summed E-state index contributed by atoms with van der Waals surface area (Å²) in [6.07, 6.45) is 0.739. The Hall–Kier alpha value is -4.09. The number of halogens is 1. The third-order valence-corrected chi connectivity index (χ3v) is 7.14. The van der Waals surface area contributed by atoms with Gasteiger partial charge in [-0.2, -0.15) is 0 Å². The van der Waals surface area contributed by atoms with Gasteiger partial charge in [-0.15, -0.1) is 0 Å². The molecule has 4 aromatic carbocycles. The Labute approximate surface area is 234 Å². The highest BCUT2D eigenvalue weighted by molar-refractivity contribution is 6.30. The van der Waals surface area contributed by atoms with E-state index >= 15 is 0 Å². The van der Waals surface area contributed by atoms with Crippen molar-refractivity contribution in [3.05, 3.63) is 130 Å². The van der Waals surface area contributed by atoms with Gasteiger partial charge in [0.1, 0.15) is 5.75 Å². The second-order valence-corrected chi connectivity index (χ2v) is 10.7. The number of nitrogens with zero attached hydrogens (tertiary/aromatic N) is 2. The average molecular weight is 539 g/mol. The largest absolute Gasteiger partial charge is 0.476 e. The van der Waals surface area contributed by atoms with Gasteiger partial charge in [-0.25, -0.2) is 0 Å². The minimum Gasteiger partial charge on any atom is -0.476 e. The summed E-state index contributed by atoms with van der Waals surface area (Å²) in [7, 11) is 0. The van der Waals surface area contributed by atoms with E-state index in [1.54, 1.807) is 36.9 Å². The summed E-state index contributed by atoms with van der Waals surface area (Å²) in [5.41, 5.74) is 3.23. The topological polar surface area (TPSA) is 49.9 Å². The van der Waals surface area contributed by atoms with E-state index in [0.29, 0.717) is 41.7 Å². The van der Waals surface area contributed by atoms with Crippen molar-refractivity contribution in [2.45, 2.75) is 39.0 Å². The van der Waals surface area contributed by atoms with Gasteiger partial charge in [0.05, 0.1) is 12.2 Å². The molecule has 0 saturated carbocycles. The molecule has 5 nitrogen and oxygen atoms in total. The van der Waals surface area contributed by atoms with E-state index in [1.165, 1.54) is 5.56 Å². The summed E-state index contributed by atoms with van der Waals surface area (Å²) in [5.74, 6) is 0.310.